The first-order chi connectivity index (χ1) is 8.19. The predicted octanol–water partition coefficient (Wildman–Crippen LogP) is 1.18. The van der Waals surface area contributed by atoms with Crippen LogP contribution in [0.4, 0.5) is 0 Å². The van der Waals surface area contributed by atoms with Crippen LogP contribution in [0.5, 0.6) is 0 Å². The maximum absolute atomic E-state index is 9.73. The number of benzene rings is 1. The standard InChI is InChI=1S/C13H18BNO2/c1-14(16)15-10-13(8-12(15)9-17-13)7-11-5-3-2-4-6-11/h2-6,12,16H,7-10H2,1H3/t12-,13-/m0/s1. The number of ether oxygens (including phenoxy) is 1. The summed E-state index contributed by atoms with van der Waals surface area (Å²) in [5.74, 6) is 0. The Morgan fingerprint density at radius 3 is 2.88 bits per heavy atom. The molecule has 2 aliphatic heterocycles. The fourth-order valence-corrected chi connectivity index (χ4v) is 3.19. The Hall–Kier alpha value is -0.835. The lowest BCUT2D eigenvalue weighted by molar-refractivity contribution is -0.0286. The first-order valence-corrected chi connectivity index (χ1v) is 6.30. The molecule has 0 amide bonds. The summed E-state index contributed by atoms with van der Waals surface area (Å²) in [5.41, 5.74) is 1.25. The van der Waals surface area contributed by atoms with Gasteiger partial charge in [-0.15, -0.1) is 0 Å². The topological polar surface area (TPSA) is 32.7 Å². The van der Waals surface area contributed by atoms with E-state index >= 15 is 0 Å². The number of hydrogen-bond donors (Lipinski definition) is 1. The Bertz CT molecular complexity index is 398. The molecule has 3 nitrogen and oxygen atoms in total. The Balaban J connectivity index is 1.76. The molecule has 1 aromatic rings. The summed E-state index contributed by atoms with van der Waals surface area (Å²) in [7, 11) is -0.360. The summed E-state index contributed by atoms with van der Waals surface area (Å²) in [4.78, 5) is 2.16. The highest BCUT2D eigenvalue weighted by Gasteiger charge is 2.52. The minimum absolute atomic E-state index is 0.0665. The zero-order chi connectivity index (χ0) is 11.9. The van der Waals surface area contributed by atoms with Crippen molar-refractivity contribution in [2.24, 2.45) is 0 Å². The maximum atomic E-state index is 9.73. The minimum Gasteiger partial charge on any atom is -0.437 e. The van der Waals surface area contributed by atoms with E-state index in [9.17, 15) is 5.02 Å². The molecule has 0 spiro atoms. The van der Waals surface area contributed by atoms with Crippen molar-refractivity contribution >= 4 is 7.05 Å². The van der Waals surface area contributed by atoms with Crippen LogP contribution in [0.3, 0.4) is 0 Å². The number of rotatable bonds is 3. The van der Waals surface area contributed by atoms with Gasteiger partial charge in [0, 0.05) is 19.0 Å². The van der Waals surface area contributed by atoms with E-state index in [4.69, 9.17) is 4.74 Å². The van der Waals surface area contributed by atoms with Crippen LogP contribution in [0.15, 0.2) is 30.3 Å². The Morgan fingerprint density at radius 2 is 2.24 bits per heavy atom. The Kier molecular flexibility index (Phi) is 2.73. The van der Waals surface area contributed by atoms with Crippen LogP contribution in [0.25, 0.3) is 0 Å². The number of hydrogen-bond acceptors (Lipinski definition) is 3. The van der Waals surface area contributed by atoms with E-state index < -0.39 is 0 Å². The van der Waals surface area contributed by atoms with Gasteiger partial charge in [-0.3, -0.25) is 0 Å². The minimum atomic E-state index is -0.360. The van der Waals surface area contributed by atoms with Crippen molar-refractivity contribution in [3.05, 3.63) is 35.9 Å². The van der Waals surface area contributed by atoms with E-state index in [0.29, 0.717) is 6.04 Å². The molecule has 2 fully saturated rings. The van der Waals surface area contributed by atoms with Gasteiger partial charge in [0.1, 0.15) is 0 Å². The molecule has 90 valence electrons. The molecule has 2 atom stereocenters. The Labute approximate surface area is 103 Å². The molecule has 0 radical (unpaired) electrons. The zero-order valence-corrected chi connectivity index (χ0v) is 10.2. The van der Waals surface area contributed by atoms with Crippen molar-refractivity contribution in [2.45, 2.75) is 31.3 Å². The highest BCUT2D eigenvalue weighted by molar-refractivity contribution is 6.45. The number of fused-ring (bicyclic) bond motifs is 2. The van der Waals surface area contributed by atoms with E-state index in [-0.39, 0.29) is 12.7 Å². The molecule has 3 rings (SSSR count). The van der Waals surface area contributed by atoms with Crippen LogP contribution in [0.1, 0.15) is 12.0 Å². The third kappa shape index (κ3) is 2.01. The Morgan fingerprint density at radius 1 is 1.47 bits per heavy atom. The molecule has 0 aliphatic carbocycles. The van der Waals surface area contributed by atoms with Crippen LogP contribution in [-0.2, 0) is 11.2 Å². The molecule has 4 heteroatoms. The van der Waals surface area contributed by atoms with E-state index in [0.717, 1.165) is 26.0 Å². The highest BCUT2D eigenvalue weighted by atomic mass is 16.5. The zero-order valence-electron chi connectivity index (χ0n) is 10.2. The second-order valence-electron chi connectivity index (χ2n) is 5.32. The van der Waals surface area contributed by atoms with Gasteiger partial charge in [0.05, 0.1) is 12.2 Å². The molecule has 17 heavy (non-hydrogen) atoms. The van der Waals surface area contributed by atoms with Gasteiger partial charge in [-0.1, -0.05) is 30.3 Å². The van der Waals surface area contributed by atoms with Gasteiger partial charge in [-0.2, -0.15) is 0 Å². The third-order valence-electron chi connectivity index (χ3n) is 3.98. The van der Waals surface area contributed by atoms with Gasteiger partial charge in [-0.05, 0) is 18.8 Å². The van der Waals surface area contributed by atoms with Gasteiger partial charge < -0.3 is 14.6 Å². The average Bonchev–Trinajstić information content (AvgIpc) is 2.87. The van der Waals surface area contributed by atoms with Crippen molar-refractivity contribution in [2.75, 3.05) is 13.2 Å². The van der Waals surface area contributed by atoms with Gasteiger partial charge in [0.2, 0.25) is 0 Å². The lowest BCUT2D eigenvalue weighted by Crippen LogP contribution is -2.49. The molecular weight excluding hydrogens is 213 g/mol. The molecular formula is C13H18BNO2. The van der Waals surface area contributed by atoms with Crippen LogP contribution < -0.4 is 0 Å². The summed E-state index contributed by atoms with van der Waals surface area (Å²) in [6, 6.07) is 10.9. The van der Waals surface area contributed by atoms with Gasteiger partial charge >= 0.3 is 7.05 Å². The van der Waals surface area contributed by atoms with Crippen molar-refractivity contribution in [3.8, 4) is 0 Å². The lowest BCUT2D eigenvalue weighted by atomic mass is 9.84. The predicted molar refractivity (Wildman–Crippen MR) is 67.8 cm³/mol. The average molecular weight is 231 g/mol. The lowest BCUT2D eigenvalue weighted by Gasteiger charge is -2.33. The smallest absolute Gasteiger partial charge is 0.376 e. The first kappa shape index (κ1) is 11.3. The number of morpholine rings is 1. The third-order valence-corrected chi connectivity index (χ3v) is 3.98. The van der Waals surface area contributed by atoms with E-state index in [1.54, 1.807) is 0 Å². The normalized spacial score (nSPS) is 32.0. The molecule has 1 N–H and O–H groups in total. The van der Waals surface area contributed by atoms with Crippen LogP contribution in [0.2, 0.25) is 6.82 Å². The monoisotopic (exact) mass is 231 g/mol. The van der Waals surface area contributed by atoms with E-state index in [2.05, 4.69) is 29.1 Å². The quantitative estimate of drug-likeness (QED) is 0.793. The van der Waals surface area contributed by atoms with Gasteiger partial charge in [0.15, 0.2) is 0 Å². The fraction of sp³-hybridized carbons (Fsp3) is 0.538. The van der Waals surface area contributed by atoms with Crippen molar-refractivity contribution < 1.29 is 9.76 Å². The fourth-order valence-electron chi connectivity index (χ4n) is 3.19. The second kappa shape index (κ2) is 4.12. The van der Waals surface area contributed by atoms with Crippen molar-refractivity contribution in [1.82, 2.24) is 4.81 Å². The van der Waals surface area contributed by atoms with E-state index in [1.165, 1.54) is 5.56 Å². The maximum Gasteiger partial charge on any atom is 0.376 e. The summed E-state index contributed by atoms with van der Waals surface area (Å²) in [6.45, 7) is 3.46. The summed E-state index contributed by atoms with van der Waals surface area (Å²) in [5, 5.41) is 9.73. The summed E-state index contributed by atoms with van der Waals surface area (Å²) < 4.78 is 5.97. The molecule has 0 saturated carbocycles. The largest absolute Gasteiger partial charge is 0.437 e. The van der Waals surface area contributed by atoms with E-state index in [1.807, 2.05) is 12.9 Å². The molecule has 2 bridgehead atoms. The SMILES string of the molecule is CB(O)N1C[C@]2(Cc3ccccc3)C[C@H]1CO2. The molecule has 2 aliphatic rings. The highest BCUT2D eigenvalue weighted by Crippen LogP contribution is 2.39. The molecule has 2 saturated heterocycles. The molecule has 2 heterocycles. The first-order valence-electron chi connectivity index (χ1n) is 6.30. The molecule has 0 aromatic heterocycles. The van der Waals surface area contributed by atoms with Gasteiger partial charge in [0.25, 0.3) is 0 Å². The summed E-state index contributed by atoms with van der Waals surface area (Å²) in [6.07, 6.45) is 2.00. The van der Waals surface area contributed by atoms with Crippen molar-refractivity contribution in [3.63, 3.8) is 0 Å². The number of nitrogens with zero attached hydrogens (tertiary/aromatic N) is 1. The van der Waals surface area contributed by atoms with Crippen LogP contribution in [0, 0.1) is 0 Å². The van der Waals surface area contributed by atoms with Crippen molar-refractivity contribution in [1.29, 1.82) is 0 Å². The summed E-state index contributed by atoms with van der Waals surface area (Å²) >= 11 is 0. The van der Waals surface area contributed by atoms with Crippen LogP contribution in [-0.4, -0.2) is 41.7 Å². The molecule has 0 unspecified atom stereocenters. The van der Waals surface area contributed by atoms with Gasteiger partial charge in [-0.25, -0.2) is 0 Å². The van der Waals surface area contributed by atoms with Crippen LogP contribution >= 0.6 is 0 Å². The second-order valence-corrected chi connectivity index (χ2v) is 5.32. The molecule has 1 aromatic carbocycles.